The Bertz CT molecular complexity index is 424. The zero-order chi connectivity index (χ0) is 11.0. The highest BCUT2D eigenvalue weighted by atomic mass is 35.7. The molecule has 0 aromatic carbocycles. The van der Waals surface area contributed by atoms with Crippen molar-refractivity contribution in [3.05, 3.63) is 23.1 Å². The molecule has 0 aromatic rings. The minimum atomic E-state index is -3.71. The molecule has 4 nitrogen and oxygen atoms in total. The van der Waals surface area contributed by atoms with Crippen LogP contribution >= 0.6 is 10.7 Å². The summed E-state index contributed by atoms with van der Waals surface area (Å²) in [6.07, 6.45) is 4.41. The molecule has 0 fully saturated rings. The van der Waals surface area contributed by atoms with E-state index in [2.05, 4.69) is 0 Å². The second-order valence-corrected chi connectivity index (χ2v) is 5.93. The van der Waals surface area contributed by atoms with E-state index in [1.807, 2.05) is 0 Å². The Kier molecular flexibility index (Phi) is 2.74. The summed E-state index contributed by atoms with van der Waals surface area (Å²) < 4.78 is 21.8. The normalized spacial score (nSPS) is 27.1. The fraction of sp³-hybridized carbons (Fsp3) is 0.375. The molecule has 1 aliphatic carbocycles. The van der Waals surface area contributed by atoms with Gasteiger partial charge < -0.3 is 5.73 Å². The summed E-state index contributed by atoms with van der Waals surface area (Å²) in [6.45, 7) is 1.64. The Morgan fingerprint density at radius 2 is 2.21 bits per heavy atom. The zero-order valence-corrected chi connectivity index (χ0v) is 9.10. The Morgan fingerprint density at radius 3 is 2.50 bits per heavy atom. The number of hydrogen-bond donors (Lipinski definition) is 1. The standard InChI is InChI=1S/C8H10ClNO3S/c1-8(7(10)11)4-2-6(3-5-8)14(9,12)13/h2-4H,5H2,1H3,(H2,10,11). The molecule has 1 unspecified atom stereocenters. The van der Waals surface area contributed by atoms with Gasteiger partial charge >= 0.3 is 0 Å². The van der Waals surface area contributed by atoms with Gasteiger partial charge in [-0.2, -0.15) is 0 Å². The molecule has 14 heavy (non-hydrogen) atoms. The molecule has 0 heterocycles. The third-order valence-corrected chi connectivity index (χ3v) is 3.59. The molecule has 1 rings (SSSR count). The van der Waals surface area contributed by atoms with E-state index >= 15 is 0 Å². The molecule has 1 aliphatic rings. The molecule has 1 amide bonds. The van der Waals surface area contributed by atoms with E-state index in [4.69, 9.17) is 16.4 Å². The second kappa shape index (κ2) is 3.40. The summed E-state index contributed by atoms with van der Waals surface area (Å²) in [4.78, 5) is 11.0. The van der Waals surface area contributed by atoms with Crippen molar-refractivity contribution in [2.75, 3.05) is 0 Å². The van der Waals surface area contributed by atoms with Gasteiger partial charge in [0, 0.05) is 10.7 Å². The van der Waals surface area contributed by atoms with E-state index in [1.165, 1.54) is 18.2 Å². The lowest BCUT2D eigenvalue weighted by Gasteiger charge is -2.23. The fourth-order valence-electron chi connectivity index (χ4n) is 1.08. The first-order chi connectivity index (χ1) is 6.26. The molecule has 0 radical (unpaired) electrons. The molecular weight excluding hydrogens is 226 g/mol. The predicted octanol–water partition coefficient (Wildman–Crippen LogP) is 0.890. The summed E-state index contributed by atoms with van der Waals surface area (Å²) >= 11 is 0. The van der Waals surface area contributed by atoms with Gasteiger partial charge in [-0.1, -0.05) is 12.2 Å². The van der Waals surface area contributed by atoms with Gasteiger partial charge in [-0.25, -0.2) is 8.42 Å². The molecule has 1 atom stereocenters. The average Bonchev–Trinajstić information content (AvgIpc) is 2.03. The van der Waals surface area contributed by atoms with Crippen LogP contribution in [0, 0.1) is 5.41 Å². The van der Waals surface area contributed by atoms with Crippen LogP contribution in [-0.2, 0) is 13.8 Å². The van der Waals surface area contributed by atoms with Crippen LogP contribution in [0.5, 0.6) is 0 Å². The van der Waals surface area contributed by atoms with Crippen molar-refractivity contribution in [1.29, 1.82) is 0 Å². The highest BCUT2D eigenvalue weighted by Crippen LogP contribution is 2.31. The van der Waals surface area contributed by atoms with E-state index in [0.717, 1.165) is 0 Å². The van der Waals surface area contributed by atoms with Gasteiger partial charge in [-0.15, -0.1) is 0 Å². The molecule has 6 heteroatoms. The SMILES string of the molecule is CC1(C(N)=O)C=CC(S(=O)(=O)Cl)=CC1. The lowest BCUT2D eigenvalue weighted by molar-refractivity contribution is -0.124. The van der Waals surface area contributed by atoms with Crippen molar-refractivity contribution in [2.45, 2.75) is 13.3 Å². The predicted molar refractivity (Wildman–Crippen MR) is 53.9 cm³/mol. The van der Waals surface area contributed by atoms with Crippen molar-refractivity contribution >= 4 is 25.6 Å². The van der Waals surface area contributed by atoms with Crippen LogP contribution in [0.25, 0.3) is 0 Å². The Morgan fingerprint density at radius 1 is 1.64 bits per heavy atom. The van der Waals surface area contributed by atoms with Gasteiger partial charge in [0.1, 0.15) is 0 Å². The minimum absolute atomic E-state index is 0.0119. The van der Waals surface area contributed by atoms with Crippen molar-refractivity contribution in [1.82, 2.24) is 0 Å². The van der Waals surface area contributed by atoms with Crippen molar-refractivity contribution in [3.63, 3.8) is 0 Å². The molecule has 2 N–H and O–H groups in total. The lowest BCUT2D eigenvalue weighted by Crippen LogP contribution is -2.33. The van der Waals surface area contributed by atoms with Crippen LogP contribution in [-0.4, -0.2) is 14.3 Å². The quantitative estimate of drug-likeness (QED) is 0.722. The van der Waals surface area contributed by atoms with Crippen molar-refractivity contribution < 1.29 is 13.2 Å². The lowest BCUT2D eigenvalue weighted by atomic mass is 9.83. The number of hydrogen-bond acceptors (Lipinski definition) is 3. The van der Waals surface area contributed by atoms with E-state index in [1.54, 1.807) is 6.92 Å². The van der Waals surface area contributed by atoms with E-state index in [-0.39, 0.29) is 11.3 Å². The Balaban J connectivity index is 2.98. The molecule has 78 valence electrons. The topological polar surface area (TPSA) is 77.2 Å². The first kappa shape index (κ1) is 11.3. The Hall–Kier alpha value is -0.810. The van der Waals surface area contributed by atoms with Gasteiger partial charge in [0.05, 0.1) is 10.3 Å². The van der Waals surface area contributed by atoms with Gasteiger partial charge in [0.2, 0.25) is 5.91 Å². The molecule has 0 aromatic heterocycles. The molecule has 0 bridgehead atoms. The van der Waals surface area contributed by atoms with Crippen molar-refractivity contribution in [2.24, 2.45) is 11.1 Å². The summed E-state index contributed by atoms with van der Waals surface area (Å²) in [5.74, 6) is -0.490. The first-order valence-corrected chi connectivity index (χ1v) is 6.21. The van der Waals surface area contributed by atoms with Crippen LogP contribution in [0.2, 0.25) is 0 Å². The van der Waals surface area contributed by atoms with Crippen LogP contribution in [0.15, 0.2) is 23.1 Å². The van der Waals surface area contributed by atoms with E-state index in [9.17, 15) is 13.2 Å². The monoisotopic (exact) mass is 235 g/mol. The highest BCUT2D eigenvalue weighted by Gasteiger charge is 2.30. The first-order valence-electron chi connectivity index (χ1n) is 3.90. The van der Waals surface area contributed by atoms with Crippen LogP contribution in [0.3, 0.4) is 0 Å². The highest BCUT2D eigenvalue weighted by molar-refractivity contribution is 8.17. The number of primary amides is 1. The fourth-order valence-corrected chi connectivity index (χ4v) is 1.93. The summed E-state index contributed by atoms with van der Waals surface area (Å²) in [7, 11) is 1.41. The van der Waals surface area contributed by atoms with E-state index in [0.29, 0.717) is 0 Å². The number of halogens is 1. The maximum absolute atomic E-state index is 11.0. The third kappa shape index (κ3) is 2.16. The molecule has 0 spiro atoms. The zero-order valence-electron chi connectivity index (χ0n) is 7.53. The van der Waals surface area contributed by atoms with Gasteiger partial charge in [0.15, 0.2) is 0 Å². The second-order valence-electron chi connectivity index (χ2n) is 3.36. The summed E-state index contributed by atoms with van der Waals surface area (Å²) in [5.41, 5.74) is 4.34. The van der Waals surface area contributed by atoms with Crippen LogP contribution in [0.4, 0.5) is 0 Å². The molecule has 0 saturated carbocycles. The maximum Gasteiger partial charge on any atom is 0.260 e. The molecule has 0 aliphatic heterocycles. The van der Waals surface area contributed by atoms with Crippen LogP contribution < -0.4 is 5.73 Å². The van der Waals surface area contributed by atoms with Gasteiger partial charge in [-0.05, 0) is 19.4 Å². The number of nitrogens with two attached hydrogens (primary N) is 1. The summed E-state index contributed by atoms with van der Waals surface area (Å²) in [5, 5.41) is 0. The van der Waals surface area contributed by atoms with Gasteiger partial charge in [-0.3, -0.25) is 4.79 Å². The average molecular weight is 236 g/mol. The van der Waals surface area contributed by atoms with Gasteiger partial charge in [0.25, 0.3) is 9.05 Å². The van der Waals surface area contributed by atoms with E-state index < -0.39 is 20.4 Å². The molecule has 0 saturated heterocycles. The number of allylic oxidation sites excluding steroid dienone is 2. The number of amides is 1. The maximum atomic E-state index is 11.0. The number of rotatable bonds is 2. The minimum Gasteiger partial charge on any atom is -0.369 e. The number of carbonyl (C=O) groups excluding carboxylic acids is 1. The summed E-state index contributed by atoms with van der Waals surface area (Å²) in [6, 6.07) is 0. The third-order valence-electron chi connectivity index (χ3n) is 2.19. The smallest absolute Gasteiger partial charge is 0.260 e. The van der Waals surface area contributed by atoms with Crippen molar-refractivity contribution in [3.8, 4) is 0 Å². The molecular formula is C8H10ClNO3S. The van der Waals surface area contributed by atoms with Crippen LogP contribution in [0.1, 0.15) is 13.3 Å². The number of carbonyl (C=O) groups is 1. The largest absolute Gasteiger partial charge is 0.369 e. The Labute approximate surface area is 86.8 Å².